The van der Waals surface area contributed by atoms with Crippen LogP contribution < -0.4 is 5.32 Å². The third-order valence-electron chi connectivity index (χ3n) is 5.21. The molecule has 0 saturated carbocycles. The minimum absolute atomic E-state index is 0.0151. The zero-order chi connectivity index (χ0) is 20.1. The summed E-state index contributed by atoms with van der Waals surface area (Å²) in [4.78, 5) is 22.1. The number of nitriles is 1. The topological polar surface area (TPSA) is 81.0 Å². The molecule has 0 spiro atoms. The van der Waals surface area contributed by atoms with Gasteiger partial charge in [-0.2, -0.15) is 5.26 Å². The van der Waals surface area contributed by atoms with Crippen molar-refractivity contribution >= 4 is 22.8 Å². The molecule has 0 bridgehead atoms. The molecule has 0 aromatic heterocycles. The number of hydrogen-bond donors (Lipinski definition) is 1. The van der Waals surface area contributed by atoms with E-state index in [0.29, 0.717) is 31.4 Å². The zero-order valence-electron chi connectivity index (χ0n) is 16.5. The van der Waals surface area contributed by atoms with E-state index in [1.165, 1.54) is 11.8 Å². The first kappa shape index (κ1) is 20.6. The lowest BCUT2D eigenvalue weighted by Gasteiger charge is -2.47. The largest absolute Gasteiger partial charge is 0.493 e. The molecular weight excluding hydrogens is 374 g/mol. The molecule has 2 atom stereocenters. The van der Waals surface area contributed by atoms with Crippen LogP contribution in [0.1, 0.15) is 19.8 Å². The number of carbonyl (C=O) groups excluding carboxylic acids is 1. The van der Waals surface area contributed by atoms with Gasteiger partial charge in [-0.3, -0.25) is 19.6 Å². The van der Waals surface area contributed by atoms with Crippen molar-refractivity contribution in [3.05, 3.63) is 35.0 Å². The summed E-state index contributed by atoms with van der Waals surface area (Å²) in [6, 6.07) is 2.43. The van der Waals surface area contributed by atoms with E-state index in [0.717, 1.165) is 35.6 Å². The van der Waals surface area contributed by atoms with Crippen LogP contribution in [0, 0.1) is 11.3 Å². The number of amidine groups is 1. The molecule has 3 aliphatic rings. The van der Waals surface area contributed by atoms with E-state index in [9.17, 15) is 4.79 Å². The monoisotopic (exact) mass is 401 g/mol. The molecule has 0 aromatic rings. The summed E-state index contributed by atoms with van der Waals surface area (Å²) in [5.74, 6) is 0.847. The highest BCUT2D eigenvalue weighted by molar-refractivity contribution is 8.17. The number of rotatable bonds is 3. The van der Waals surface area contributed by atoms with Crippen LogP contribution in [0.25, 0.3) is 0 Å². The van der Waals surface area contributed by atoms with Crippen LogP contribution >= 0.6 is 11.8 Å². The molecule has 3 saturated heterocycles. The third-order valence-corrected chi connectivity index (χ3v) is 6.23. The van der Waals surface area contributed by atoms with Crippen LogP contribution in [-0.4, -0.2) is 72.8 Å². The van der Waals surface area contributed by atoms with Crippen LogP contribution in [0.5, 0.6) is 0 Å². The molecule has 3 fully saturated rings. The fourth-order valence-corrected chi connectivity index (χ4v) is 4.58. The fourth-order valence-electron chi connectivity index (χ4n) is 3.73. The van der Waals surface area contributed by atoms with Gasteiger partial charge in [-0.05, 0) is 36.0 Å². The average Bonchev–Trinajstić information content (AvgIpc) is 3.10. The molecule has 0 aromatic carbocycles. The summed E-state index contributed by atoms with van der Waals surface area (Å²) in [5.41, 5.74) is 1.01. The van der Waals surface area contributed by atoms with E-state index in [2.05, 4.69) is 27.9 Å². The number of piperidine rings is 1. The van der Waals surface area contributed by atoms with Crippen molar-refractivity contribution in [3.63, 3.8) is 0 Å². The van der Waals surface area contributed by atoms with Gasteiger partial charge in [0.1, 0.15) is 5.76 Å². The number of fused-ring (bicyclic) bond motifs is 1. The van der Waals surface area contributed by atoms with Crippen LogP contribution in [0.3, 0.4) is 0 Å². The Morgan fingerprint density at radius 1 is 1.57 bits per heavy atom. The zero-order valence-corrected chi connectivity index (χ0v) is 17.3. The molecule has 1 N–H and O–H groups in total. The number of aliphatic imine (C=N–C) groups is 1. The molecule has 3 rings (SSSR count). The van der Waals surface area contributed by atoms with Gasteiger partial charge in [0.25, 0.3) is 0 Å². The van der Waals surface area contributed by atoms with Gasteiger partial charge in [0.05, 0.1) is 31.8 Å². The number of nitrogens with one attached hydrogen (secondary N) is 1. The average molecular weight is 402 g/mol. The van der Waals surface area contributed by atoms with Crippen molar-refractivity contribution in [2.45, 2.75) is 31.8 Å². The highest BCUT2D eigenvalue weighted by Gasteiger charge is 2.41. The first-order valence-corrected chi connectivity index (χ1v) is 10.3. The Morgan fingerprint density at radius 2 is 2.39 bits per heavy atom. The number of thioether (sulfide) groups is 1. The summed E-state index contributed by atoms with van der Waals surface area (Å²) in [6.07, 6.45) is 5.69. The lowest BCUT2D eigenvalue weighted by atomic mass is 9.95. The molecule has 2 unspecified atom stereocenters. The van der Waals surface area contributed by atoms with Crippen molar-refractivity contribution in [2.24, 2.45) is 4.99 Å². The van der Waals surface area contributed by atoms with E-state index in [1.54, 1.807) is 7.05 Å². The summed E-state index contributed by atoms with van der Waals surface area (Å²) >= 11 is 1.48. The Hall–Kier alpha value is -2.08. The van der Waals surface area contributed by atoms with E-state index >= 15 is 0 Å². The molecule has 28 heavy (non-hydrogen) atoms. The smallest absolute Gasteiger partial charge is 0.242 e. The second-order valence-electron chi connectivity index (χ2n) is 7.12. The van der Waals surface area contributed by atoms with E-state index in [4.69, 9.17) is 10.00 Å². The first-order chi connectivity index (χ1) is 13.5. The van der Waals surface area contributed by atoms with Crippen molar-refractivity contribution < 1.29 is 9.53 Å². The van der Waals surface area contributed by atoms with E-state index < -0.39 is 0 Å². The van der Waals surface area contributed by atoms with Gasteiger partial charge < -0.3 is 10.1 Å². The Kier molecular flexibility index (Phi) is 6.94. The molecule has 8 heteroatoms. The van der Waals surface area contributed by atoms with Crippen LogP contribution in [-0.2, 0) is 9.53 Å². The van der Waals surface area contributed by atoms with Gasteiger partial charge in [-0.25, -0.2) is 0 Å². The number of piperazine rings is 1. The van der Waals surface area contributed by atoms with Gasteiger partial charge >= 0.3 is 0 Å². The molecule has 1 amide bonds. The molecule has 150 valence electrons. The molecule has 3 heterocycles. The Labute approximate surface area is 170 Å². The number of nitrogens with zero attached hydrogens (tertiary/aromatic N) is 4. The van der Waals surface area contributed by atoms with Gasteiger partial charge in [0, 0.05) is 32.6 Å². The molecule has 0 radical (unpaired) electrons. The third kappa shape index (κ3) is 4.66. The van der Waals surface area contributed by atoms with Crippen molar-refractivity contribution in [3.8, 4) is 6.07 Å². The van der Waals surface area contributed by atoms with Crippen molar-refractivity contribution in [1.82, 2.24) is 15.1 Å². The van der Waals surface area contributed by atoms with E-state index in [-0.39, 0.29) is 18.0 Å². The number of ether oxygens (including phenoxy) is 1. The fraction of sp³-hybridized carbons (Fsp3) is 0.550. The van der Waals surface area contributed by atoms with Crippen molar-refractivity contribution in [1.29, 1.82) is 5.26 Å². The standard InChI is InChI=1S/C20H27N5O2S/c1-14-7-11-27-18(14)5-4-15(2)28-20(22-3)25-17-13-24(10-8-21)9-6-16(17)23-12-19(25)26/h4-5,16-17,23H,1,6-7,9-13H2,2-3H3/b15-4+,18-5+,22-20?. The van der Waals surface area contributed by atoms with Gasteiger partial charge in [-0.1, -0.05) is 18.3 Å². The quantitative estimate of drug-likeness (QED) is 0.442. The Balaban J connectivity index is 1.74. The summed E-state index contributed by atoms with van der Waals surface area (Å²) in [5, 5.41) is 13.1. The first-order valence-electron chi connectivity index (χ1n) is 9.52. The van der Waals surface area contributed by atoms with Gasteiger partial charge in [0.15, 0.2) is 5.17 Å². The van der Waals surface area contributed by atoms with Crippen LogP contribution in [0.15, 0.2) is 40.0 Å². The lowest BCUT2D eigenvalue weighted by molar-refractivity contribution is -0.132. The SMILES string of the molecule is C=C1CCO/C1=C/C=C(\C)SC(=NC)N1C(=O)CNC2CCN(CC#N)CC21. The predicted octanol–water partition coefficient (Wildman–Crippen LogP) is 1.87. The number of hydrogen-bond acceptors (Lipinski definition) is 7. The Bertz CT molecular complexity index is 767. The number of amides is 1. The minimum Gasteiger partial charge on any atom is -0.493 e. The number of allylic oxidation sites excluding steroid dienone is 4. The molecule has 3 aliphatic heterocycles. The lowest BCUT2D eigenvalue weighted by Crippen LogP contribution is -2.67. The van der Waals surface area contributed by atoms with Crippen LogP contribution in [0.4, 0.5) is 0 Å². The van der Waals surface area contributed by atoms with Gasteiger partial charge in [-0.15, -0.1) is 0 Å². The molecule has 0 aliphatic carbocycles. The number of carbonyl (C=O) groups is 1. The Morgan fingerprint density at radius 3 is 3.07 bits per heavy atom. The van der Waals surface area contributed by atoms with E-state index in [1.807, 2.05) is 24.0 Å². The second kappa shape index (κ2) is 9.41. The van der Waals surface area contributed by atoms with Crippen LogP contribution in [0.2, 0.25) is 0 Å². The van der Waals surface area contributed by atoms with Gasteiger partial charge in [0.2, 0.25) is 5.91 Å². The van der Waals surface area contributed by atoms with Crippen molar-refractivity contribution in [2.75, 3.05) is 39.8 Å². The molecular formula is C20H27N5O2S. The summed E-state index contributed by atoms with van der Waals surface area (Å²) < 4.78 is 5.56. The maximum atomic E-state index is 12.7. The number of likely N-dealkylation sites (tertiary alicyclic amines) is 1. The normalized spacial score (nSPS) is 28.3. The maximum Gasteiger partial charge on any atom is 0.242 e. The highest BCUT2D eigenvalue weighted by atomic mass is 32.2. The summed E-state index contributed by atoms with van der Waals surface area (Å²) in [7, 11) is 1.72. The summed E-state index contributed by atoms with van der Waals surface area (Å²) in [6.45, 7) is 8.93. The predicted molar refractivity (Wildman–Crippen MR) is 112 cm³/mol. The maximum absolute atomic E-state index is 12.7. The highest BCUT2D eigenvalue weighted by Crippen LogP contribution is 2.28. The minimum atomic E-state index is -0.0151. The molecule has 7 nitrogen and oxygen atoms in total. The second-order valence-corrected chi connectivity index (χ2v) is 8.33.